The molecule has 5 heteroatoms. The monoisotopic (exact) mass is 287 g/mol. The molecule has 0 bridgehead atoms. The van der Waals surface area contributed by atoms with E-state index in [0.717, 1.165) is 28.5 Å². The van der Waals surface area contributed by atoms with Gasteiger partial charge in [-0.3, -0.25) is 0 Å². The first kappa shape index (κ1) is 12.8. The topological polar surface area (TPSA) is 59.6 Å². The maximum absolute atomic E-state index is 6.10. The fourth-order valence-electron chi connectivity index (χ4n) is 2.03. The van der Waals surface area contributed by atoms with Crippen LogP contribution in [0.1, 0.15) is 5.56 Å². The quantitative estimate of drug-likeness (QED) is 0.785. The molecule has 102 valence electrons. The lowest BCUT2D eigenvalue weighted by atomic mass is 10.2. The van der Waals surface area contributed by atoms with Crippen LogP contribution in [-0.2, 0) is 0 Å². The molecule has 0 aromatic heterocycles. The molecule has 0 atom stereocenters. The summed E-state index contributed by atoms with van der Waals surface area (Å²) < 4.78 is 5.65. The van der Waals surface area contributed by atoms with Crippen molar-refractivity contribution in [3.8, 4) is 5.75 Å². The lowest BCUT2D eigenvalue weighted by Crippen LogP contribution is -2.25. The predicted molar refractivity (Wildman–Crippen MR) is 83.3 cm³/mol. The van der Waals surface area contributed by atoms with Crippen molar-refractivity contribution in [1.82, 2.24) is 0 Å². The van der Waals surface area contributed by atoms with Crippen LogP contribution in [0.15, 0.2) is 41.4 Å². The van der Waals surface area contributed by atoms with Gasteiger partial charge in [-0.15, -0.1) is 0 Å². The van der Waals surface area contributed by atoms with E-state index < -0.39 is 0 Å². The summed E-state index contributed by atoms with van der Waals surface area (Å²) in [6.07, 6.45) is 0. The average Bonchev–Trinajstić information content (AvgIpc) is 2.43. The molecule has 0 radical (unpaired) electrons. The Balaban J connectivity index is 1.93. The first-order chi connectivity index (χ1) is 9.63. The maximum atomic E-state index is 6.10. The molecular formula is C15H14ClN3O. The third kappa shape index (κ3) is 2.42. The summed E-state index contributed by atoms with van der Waals surface area (Å²) >= 11 is 6.10. The number of halogens is 1. The van der Waals surface area contributed by atoms with Gasteiger partial charge in [-0.05, 0) is 42.8 Å². The third-order valence-corrected chi connectivity index (χ3v) is 3.55. The molecule has 2 aromatic carbocycles. The van der Waals surface area contributed by atoms with Crippen LogP contribution >= 0.6 is 11.6 Å². The van der Waals surface area contributed by atoms with Gasteiger partial charge >= 0.3 is 0 Å². The zero-order valence-electron chi connectivity index (χ0n) is 11.0. The van der Waals surface area contributed by atoms with Gasteiger partial charge in [0.1, 0.15) is 18.2 Å². The van der Waals surface area contributed by atoms with Crippen molar-refractivity contribution >= 4 is 34.5 Å². The highest BCUT2D eigenvalue weighted by molar-refractivity contribution is 6.31. The summed E-state index contributed by atoms with van der Waals surface area (Å²) in [6.45, 7) is 2.33. The van der Waals surface area contributed by atoms with Crippen molar-refractivity contribution in [2.45, 2.75) is 6.92 Å². The minimum Gasteiger partial charge on any atom is -0.484 e. The van der Waals surface area contributed by atoms with Crippen molar-refractivity contribution < 1.29 is 4.74 Å². The zero-order chi connectivity index (χ0) is 14.1. The van der Waals surface area contributed by atoms with Crippen molar-refractivity contribution in [2.24, 2.45) is 4.99 Å². The van der Waals surface area contributed by atoms with Crippen LogP contribution in [0.25, 0.3) is 0 Å². The Morgan fingerprint density at radius 1 is 1.30 bits per heavy atom. The Kier molecular flexibility index (Phi) is 3.24. The summed E-state index contributed by atoms with van der Waals surface area (Å²) in [5.74, 6) is 1.51. The van der Waals surface area contributed by atoms with Gasteiger partial charge in [-0.25, -0.2) is 4.99 Å². The Morgan fingerprint density at radius 3 is 3.00 bits per heavy atom. The summed E-state index contributed by atoms with van der Waals surface area (Å²) in [5, 5.41) is 3.94. The van der Waals surface area contributed by atoms with E-state index in [1.54, 1.807) is 0 Å². The van der Waals surface area contributed by atoms with Crippen LogP contribution in [0, 0.1) is 6.92 Å². The molecule has 0 amide bonds. The van der Waals surface area contributed by atoms with Gasteiger partial charge < -0.3 is 15.8 Å². The predicted octanol–water partition coefficient (Wildman–Crippen LogP) is 3.77. The molecule has 0 spiro atoms. The van der Waals surface area contributed by atoms with E-state index in [2.05, 4.69) is 10.3 Å². The van der Waals surface area contributed by atoms with Gasteiger partial charge in [0.15, 0.2) is 0 Å². The molecule has 0 saturated carbocycles. The van der Waals surface area contributed by atoms with Gasteiger partial charge in [-0.1, -0.05) is 17.7 Å². The highest BCUT2D eigenvalue weighted by atomic mass is 35.5. The van der Waals surface area contributed by atoms with E-state index in [9.17, 15) is 0 Å². The third-order valence-electron chi connectivity index (χ3n) is 3.14. The van der Waals surface area contributed by atoms with Crippen molar-refractivity contribution in [2.75, 3.05) is 17.7 Å². The first-order valence-corrected chi connectivity index (χ1v) is 6.63. The Hall–Kier alpha value is -2.20. The van der Waals surface area contributed by atoms with Gasteiger partial charge in [-0.2, -0.15) is 0 Å². The minimum atomic E-state index is 0.392. The summed E-state index contributed by atoms with van der Waals surface area (Å²) in [7, 11) is 0. The summed E-state index contributed by atoms with van der Waals surface area (Å²) in [6, 6.07) is 11.1. The molecule has 1 heterocycles. The Bertz CT molecular complexity index is 698. The van der Waals surface area contributed by atoms with Crippen LogP contribution in [0.2, 0.25) is 5.02 Å². The van der Waals surface area contributed by atoms with Crippen LogP contribution in [-0.4, -0.2) is 12.4 Å². The number of nitrogens with two attached hydrogens (primary N) is 1. The van der Waals surface area contributed by atoms with Crippen molar-refractivity contribution in [3.05, 3.63) is 47.0 Å². The maximum Gasteiger partial charge on any atom is 0.146 e. The summed E-state index contributed by atoms with van der Waals surface area (Å²) in [4.78, 5) is 4.56. The molecule has 0 aliphatic carbocycles. The number of aliphatic imine (C=N–C) groups is 1. The fraction of sp³-hybridized carbons (Fsp3) is 0.133. The number of rotatable bonds is 1. The van der Waals surface area contributed by atoms with Crippen LogP contribution < -0.4 is 15.8 Å². The number of ether oxygens (including phenoxy) is 1. The van der Waals surface area contributed by atoms with E-state index in [-0.39, 0.29) is 0 Å². The second kappa shape index (κ2) is 5.06. The summed E-state index contributed by atoms with van der Waals surface area (Å²) in [5.41, 5.74) is 9.06. The van der Waals surface area contributed by atoms with Crippen molar-refractivity contribution in [3.63, 3.8) is 0 Å². The first-order valence-electron chi connectivity index (χ1n) is 6.25. The molecule has 1 aliphatic heterocycles. The largest absolute Gasteiger partial charge is 0.484 e. The number of amidine groups is 1. The Labute approximate surface area is 122 Å². The van der Waals surface area contributed by atoms with Crippen LogP contribution in [0.4, 0.5) is 17.1 Å². The minimum absolute atomic E-state index is 0.392. The molecule has 20 heavy (non-hydrogen) atoms. The number of nitrogens with one attached hydrogen (secondary N) is 1. The van der Waals surface area contributed by atoms with E-state index in [4.69, 9.17) is 22.1 Å². The second-order valence-electron chi connectivity index (χ2n) is 4.61. The molecule has 3 N–H and O–H groups in total. The molecule has 2 aromatic rings. The van der Waals surface area contributed by atoms with Gasteiger partial charge in [0.2, 0.25) is 0 Å². The van der Waals surface area contributed by atoms with E-state index in [0.29, 0.717) is 17.3 Å². The standard InChI is InChI=1S/C15H14ClN3O/c1-9-11(16)3-2-4-12(9)18-15-8-20-14-6-5-10(17)7-13(14)19-15/h2-7H,8,17H2,1H3,(H,18,19). The molecule has 0 unspecified atom stereocenters. The van der Waals surface area contributed by atoms with Crippen molar-refractivity contribution in [1.29, 1.82) is 0 Å². The SMILES string of the molecule is Cc1c(Cl)cccc1N=C1COc2ccc(N)cc2N1. The number of hydrogen-bond acceptors (Lipinski definition) is 3. The molecule has 3 rings (SSSR count). The lowest BCUT2D eigenvalue weighted by Gasteiger charge is -2.21. The Morgan fingerprint density at radius 2 is 2.15 bits per heavy atom. The number of fused-ring (bicyclic) bond motifs is 1. The number of hydrogen-bond donors (Lipinski definition) is 2. The molecule has 0 saturated heterocycles. The molecular weight excluding hydrogens is 274 g/mol. The lowest BCUT2D eigenvalue weighted by molar-refractivity contribution is 0.372. The molecule has 0 fully saturated rings. The number of nitrogen functional groups attached to an aromatic ring is 1. The second-order valence-corrected chi connectivity index (χ2v) is 5.02. The van der Waals surface area contributed by atoms with E-state index >= 15 is 0 Å². The molecule has 1 aliphatic rings. The smallest absolute Gasteiger partial charge is 0.146 e. The number of benzene rings is 2. The highest BCUT2D eigenvalue weighted by Crippen LogP contribution is 2.31. The normalized spacial score (nSPS) is 15.4. The zero-order valence-corrected chi connectivity index (χ0v) is 11.7. The fourth-order valence-corrected chi connectivity index (χ4v) is 2.20. The van der Waals surface area contributed by atoms with Gasteiger partial charge in [0, 0.05) is 10.7 Å². The van der Waals surface area contributed by atoms with Gasteiger partial charge in [0.25, 0.3) is 0 Å². The number of anilines is 2. The highest BCUT2D eigenvalue weighted by Gasteiger charge is 2.15. The average molecular weight is 288 g/mol. The van der Waals surface area contributed by atoms with Crippen LogP contribution in [0.5, 0.6) is 5.75 Å². The van der Waals surface area contributed by atoms with Crippen LogP contribution in [0.3, 0.4) is 0 Å². The number of nitrogens with zero attached hydrogens (tertiary/aromatic N) is 1. The van der Waals surface area contributed by atoms with Gasteiger partial charge in [0.05, 0.1) is 11.4 Å². The van der Waals surface area contributed by atoms with E-state index in [1.165, 1.54) is 0 Å². The van der Waals surface area contributed by atoms with E-state index in [1.807, 2.05) is 43.3 Å². The molecule has 4 nitrogen and oxygen atoms in total.